The van der Waals surface area contributed by atoms with Crippen molar-refractivity contribution >= 4 is 5.78 Å². The van der Waals surface area contributed by atoms with E-state index in [1.54, 1.807) is 13.0 Å². The van der Waals surface area contributed by atoms with Gasteiger partial charge in [0.25, 0.3) is 0 Å². The smallest absolute Gasteiger partial charge is 0.129 e. The number of benzene rings is 1. The molecule has 1 aromatic carbocycles. The molecule has 0 amide bonds. The van der Waals surface area contributed by atoms with Gasteiger partial charge < -0.3 is 9.90 Å². The average molecular weight is 218 g/mol. The van der Waals surface area contributed by atoms with E-state index in [2.05, 4.69) is 0 Å². The van der Waals surface area contributed by atoms with Crippen molar-refractivity contribution in [1.29, 1.82) is 0 Å². The van der Waals surface area contributed by atoms with Gasteiger partial charge in [0.05, 0.1) is 0 Å². The highest BCUT2D eigenvalue weighted by Crippen LogP contribution is 2.30. The van der Waals surface area contributed by atoms with Crippen LogP contribution in [0.1, 0.15) is 37.3 Å². The molecule has 0 saturated carbocycles. The molecule has 86 valence electrons. The molecule has 0 unspecified atom stereocenters. The van der Waals surface area contributed by atoms with Gasteiger partial charge in [-0.05, 0) is 61.8 Å². The van der Waals surface area contributed by atoms with Gasteiger partial charge in [-0.15, -0.1) is 0 Å². The fraction of sp³-hybridized carbons (Fsp3) is 0.500. The first-order valence-electron chi connectivity index (χ1n) is 5.95. The SMILES string of the molecule is CC(=O)CC[C@@H]1CCc2cc(O)ccc2C1. The van der Waals surface area contributed by atoms with Crippen molar-refractivity contribution in [3.05, 3.63) is 29.3 Å². The first kappa shape index (κ1) is 11.2. The number of carbonyl (C=O) groups is 1. The fourth-order valence-electron chi connectivity index (χ4n) is 2.47. The third-order valence-electron chi connectivity index (χ3n) is 3.43. The minimum atomic E-state index is 0.288. The molecule has 1 aliphatic carbocycles. The van der Waals surface area contributed by atoms with Gasteiger partial charge in [0.1, 0.15) is 11.5 Å². The van der Waals surface area contributed by atoms with Gasteiger partial charge in [-0.25, -0.2) is 0 Å². The summed E-state index contributed by atoms with van der Waals surface area (Å²) in [6, 6.07) is 5.65. The molecule has 1 aromatic rings. The van der Waals surface area contributed by atoms with Gasteiger partial charge >= 0.3 is 0 Å². The second kappa shape index (κ2) is 4.69. The van der Waals surface area contributed by atoms with Crippen molar-refractivity contribution < 1.29 is 9.90 Å². The van der Waals surface area contributed by atoms with Crippen molar-refractivity contribution in [1.82, 2.24) is 0 Å². The van der Waals surface area contributed by atoms with Crippen LogP contribution in [0.25, 0.3) is 0 Å². The number of carbonyl (C=O) groups excluding carboxylic acids is 1. The van der Waals surface area contributed by atoms with Gasteiger partial charge in [-0.1, -0.05) is 6.07 Å². The summed E-state index contributed by atoms with van der Waals surface area (Å²) in [6.07, 6.45) is 4.95. The van der Waals surface area contributed by atoms with Crippen LogP contribution in [-0.2, 0) is 17.6 Å². The number of fused-ring (bicyclic) bond motifs is 1. The molecule has 0 bridgehead atoms. The summed E-state index contributed by atoms with van der Waals surface area (Å²) in [4.78, 5) is 10.9. The number of hydrogen-bond acceptors (Lipinski definition) is 2. The minimum Gasteiger partial charge on any atom is -0.508 e. The van der Waals surface area contributed by atoms with Crippen molar-refractivity contribution in [2.24, 2.45) is 5.92 Å². The third-order valence-corrected chi connectivity index (χ3v) is 3.43. The molecule has 2 heteroatoms. The molecule has 0 heterocycles. The monoisotopic (exact) mass is 218 g/mol. The molecule has 1 aliphatic rings. The fourth-order valence-corrected chi connectivity index (χ4v) is 2.47. The predicted octanol–water partition coefficient (Wildman–Crippen LogP) is 2.87. The molecule has 2 rings (SSSR count). The van der Waals surface area contributed by atoms with Gasteiger partial charge in [0.15, 0.2) is 0 Å². The summed E-state index contributed by atoms with van der Waals surface area (Å²) in [7, 11) is 0. The number of rotatable bonds is 3. The Balaban J connectivity index is 2.01. The zero-order chi connectivity index (χ0) is 11.5. The maximum atomic E-state index is 10.9. The van der Waals surface area contributed by atoms with E-state index in [-0.39, 0.29) is 5.78 Å². The molecule has 0 fully saturated rings. The van der Waals surface area contributed by atoms with Gasteiger partial charge in [-0.2, -0.15) is 0 Å². The highest BCUT2D eigenvalue weighted by atomic mass is 16.3. The summed E-state index contributed by atoms with van der Waals surface area (Å²) in [5.41, 5.74) is 2.62. The Hall–Kier alpha value is -1.31. The van der Waals surface area contributed by atoms with E-state index in [1.165, 1.54) is 11.1 Å². The third kappa shape index (κ3) is 2.63. The van der Waals surface area contributed by atoms with Gasteiger partial charge in [-0.3, -0.25) is 0 Å². The Morgan fingerprint density at radius 2 is 2.25 bits per heavy atom. The summed E-state index contributed by atoms with van der Waals surface area (Å²) in [5.74, 6) is 1.29. The summed E-state index contributed by atoms with van der Waals surface area (Å²) in [6.45, 7) is 1.66. The van der Waals surface area contributed by atoms with Crippen molar-refractivity contribution in [3.8, 4) is 5.75 Å². The van der Waals surface area contributed by atoms with Crippen molar-refractivity contribution in [2.75, 3.05) is 0 Å². The first-order valence-corrected chi connectivity index (χ1v) is 5.95. The van der Waals surface area contributed by atoms with Crippen LogP contribution in [-0.4, -0.2) is 10.9 Å². The Kier molecular flexibility index (Phi) is 3.28. The number of phenolic OH excluding ortho intramolecular Hbond substituents is 1. The van der Waals surface area contributed by atoms with Crippen LogP contribution < -0.4 is 0 Å². The lowest BCUT2D eigenvalue weighted by atomic mass is 9.81. The molecule has 0 saturated heterocycles. The summed E-state index contributed by atoms with van der Waals surface area (Å²) >= 11 is 0. The zero-order valence-corrected chi connectivity index (χ0v) is 9.70. The van der Waals surface area contributed by atoms with E-state index in [0.29, 0.717) is 18.1 Å². The van der Waals surface area contributed by atoms with E-state index in [4.69, 9.17) is 0 Å². The number of Topliss-reactive ketones (excluding diaryl/α,β-unsaturated/α-hetero) is 1. The van der Waals surface area contributed by atoms with Crippen molar-refractivity contribution in [3.63, 3.8) is 0 Å². The van der Waals surface area contributed by atoms with Crippen LogP contribution in [0, 0.1) is 5.92 Å². The minimum absolute atomic E-state index is 0.288. The first-order chi connectivity index (χ1) is 7.65. The van der Waals surface area contributed by atoms with Crippen LogP contribution in [0.4, 0.5) is 0 Å². The van der Waals surface area contributed by atoms with E-state index < -0.39 is 0 Å². The molecular weight excluding hydrogens is 200 g/mol. The van der Waals surface area contributed by atoms with E-state index in [0.717, 1.165) is 25.7 Å². The number of aromatic hydroxyl groups is 1. The Morgan fingerprint density at radius 1 is 1.44 bits per heavy atom. The molecule has 1 N–H and O–H groups in total. The quantitative estimate of drug-likeness (QED) is 0.847. The van der Waals surface area contributed by atoms with Crippen molar-refractivity contribution in [2.45, 2.75) is 39.0 Å². The maximum absolute atomic E-state index is 10.9. The normalized spacial score (nSPS) is 19.2. The molecular formula is C14H18O2. The number of phenols is 1. The Labute approximate surface area is 96.3 Å². The van der Waals surface area contributed by atoms with Crippen LogP contribution in [0.5, 0.6) is 5.75 Å². The van der Waals surface area contributed by atoms with Crippen LogP contribution in [0.2, 0.25) is 0 Å². The highest BCUT2D eigenvalue weighted by molar-refractivity contribution is 5.75. The summed E-state index contributed by atoms with van der Waals surface area (Å²) in [5, 5.41) is 9.39. The maximum Gasteiger partial charge on any atom is 0.129 e. The van der Waals surface area contributed by atoms with Gasteiger partial charge in [0, 0.05) is 6.42 Å². The van der Waals surface area contributed by atoms with E-state index in [9.17, 15) is 9.90 Å². The lowest BCUT2D eigenvalue weighted by molar-refractivity contribution is -0.117. The number of aryl methyl sites for hydroxylation is 1. The largest absolute Gasteiger partial charge is 0.508 e. The van der Waals surface area contributed by atoms with Crippen LogP contribution in [0.15, 0.2) is 18.2 Å². The Bertz CT molecular complexity index is 396. The lowest BCUT2D eigenvalue weighted by Crippen LogP contribution is -2.15. The lowest BCUT2D eigenvalue weighted by Gasteiger charge is -2.24. The molecule has 0 aromatic heterocycles. The predicted molar refractivity (Wildman–Crippen MR) is 63.5 cm³/mol. The average Bonchev–Trinajstić information content (AvgIpc) is 2.26. The topological polar surface area (TPSA) is 37.3 Å². The van der Waals surface area contributed by atoms with E-state index in [1.807, 2.05) is 12.1 Å². The molecule has 0 aliphatic heterocycles. The van der Waals surface area contributed by atoms with Crippen LogP contribution in [0.3, 0.4) is 0 Å². The second-order valence-corrected chi connectivity index (χ2v) is 4.80. The highest BCUT2D eigenvalue weighted by Gasteiger charge is 2.18. The van der Waals surface area contributed by atoms with E-state index >= 15 is 0 Å². The van der Waals surface area contributed by atoms with Gasteiger partial charge in [0.2, 0.25) is 0 Å². The second-order valence-electron chi connectivity index (χ2n) is 4.80. The molecule has 2 nitrogen and oxygen atoms in total. The zero-order valence-electron chi connectivity index (χ0n) is 9.70. The van der Waals surface area contributed by atoms with Crippen LogP contribution >= 0.6 is 0 Å². The molecule has 0 spiro atoms. The number of hydrogen-bond donors (Lipinski definition) is 1. The molecule has 16 heavy (non-hydrogen) atoms. The number of ketones is 1. The summed E-state index contributed by atoms with van der Waals surface area (Å²) < 4.78 is 0. The standard InChI is InChI=1S/C14H18O2/c1-10(15)2-3-11-4-5-13-9-14(16)7-6-12(13)8-11/h6-7,9,11,16H,2-5,8H2,1H3/t11-/m1/s1. The Morgan fingerprint density at radius 3 is 3.00 bits per heavy atom. The molecule has 0 radical (unpaired) electrons. The molecule has 1 atom stereocenters.